The van der Waals surface area contributed by atoms with Crippen LogP contribution >= 0.6 is 0 Å². The van der Waals surface area contributed by atoms with Gasteiger partial charge in [-0.25, -0.2) is 0 Å². The molecule has 100 valence electrons. The fraction of sp³-hybridized carbons (Fsp3) is 0.533. The maximum Gasteiger partial charge on any atom is 0.240 e. The molecule has 2 N–H and O–H groups in total. The topological polar surface area (TPSA) is 41.1 Å². The summed E-state index contributed by atoms with van der Waals surface area (Å²) in [5.74, 6) is 0.0254. The van der Waals surface area contributed by atoms with Crippen LogP contribution in [-0.2, 0) is 4.79 Å². The lowest BCUT2D eigenvalue weighted by Crippen LogP contribution is -2.52. The minimum Gasteiger partial charge on any atom is -0.348 e. The quantitative estimate of drug-likeness (QED) is 0.841. The minimum absolute atomic E-state index is 0.0241. The Morgan fingerprint density at radius 1 is 1.28 bits per heavy atom. The van der Waals surface area contributed by atoms with Gasteiger partial charge in [0.25, 0.3) is 0 Å². The number of hydrogen-bond acceptors (Lipinski definition) is 2. The summed E-state index contributed by atoms with van der Waals surface area (Å²) in [4.78, 5) is 12.1. The first kappa shape index (κ1) is 14.7. The molecule has 0 fully saturated rings. The highest BCUT2D eigenvalue weighted by atomic mass is 16.2. The SMILES string of the molecule is CCNC(C)(C)C(=O)NC(C)c1ccc(C)cc1. The van der Waals surface area contributed by atoms with Gasteiger partial charge in [0, 0.05) is 0 Å². The number of benzene rings is 1. The van der Waals surface area contributed by atoms with E-state index in [1.165, 1.54) is 5.56 Å². The molecule has 18 heavy (non-hydrogen) atoms. The van der Waals surface area contributed by atoms with E-state index in [-0.39, 0.29) is 11.9 Å². The molecule has 1 amide bonds. The summed E-state index contributed by atoms with van der Waals surface area (Å²) in [7, 11) is 0. The Morgan fingerprint density at radius 3 is 2.33 bits per heavy atom. The second-order valence-electron chi connectivity index (χ2n) is 5.26. The average molecular weight is 248 g/mol. The van der Waals surface area contributed by atoms with Crippen molar-refractivity contribution >= 4 is 5.91 Å². The van der Waals surface area contributed by atoms with E-state index >= 15 is 0 Å². The van der Waals surface area contributed by atoms with E-state index in [1.54, 1.807) is 0 Å². The Balaban J connectivity index is 2.67. The lowest BCUT2D eigenvalue weighted by molar-refractivity contribution is -0.127. The molecule has 1 aromatic carbocycles. The van der Waals surface area contributed by atoms with Gasteiger partial charge in [-0.1, -0.05) is 36.8 Å². The molecular weight excluding hydrogens is 224 g/mol. The third-order valence-corrected chi connectivity index (χ3v) is 3.11. The second kappa shape index (κ2) is 6.01. The van der Waals surface area contributed by atoms with Crippen LogP contribution in [0.1, 0.15) is 44.9 Å². The summed E-state index contributed by atoms with van der Waals surface area (Å²) in [6.45, 7) is 10.6. The molecule has 0 aliphatic heterocycles. The van der Waals surface area contributed by atoms with Gasteiger partial charge in [-0.2, -0.15) is 0 Å². The Hall–Kier alpha value is -1.35. The van der Waals surface area contributed by atoms with Gasteiger partial charge in [-0.05, 0) is 39.8 Å². The zero-order chi connectivity index (χ0) is 13.8. The first-order valence-corrected chi connectivity index (χ1v) is 6.49. The molecule has 1 unspecified atom stereocenters. The predicted octanol–water partition coefficient (Wildman–Crippen LogP) is 2.56. The van der Waals surface area contributed by atoms with E-state index in [2.05, 4.69) is 41.8 Å². The van der Waals surface area contributed by atoms with Crippen molar-refractivity contribution in [2.24, 2.45) is 0 Å². The van der Waals surface area contributed by atoms with Crippen LogP contribution in [0.2, 0.25) is 0 Å². The lowest BCUT2D eigenvalue weighted by atomic mass is 10.0. The fourth-order valence-corrected chi connectivity index (χ4v) is 1.84. The van der Waals surface area contributed by atoms with Crippen molar-refractivity contribution in [1.82, 2.24) is 10.6 Å². The van der Waals surface area contributed by atoms with E-state index in [0.717, 1.165) is 12.1 Å². The first-order chi connectivity index (χ1) is 8.36. The van der Waals surface area contributed by atoms with E-state index < -0.39 is 5.54 Å². The van der Waals surface area contributed by atoms with Crippen molar-refractivity contribution in [2.45, 2.75) is 46.2 Å². The molecule has 0 spiro atoms. The number of carbonyl (C=O) groups is 1. The van der Waals surface area contributed by atoms with Gasteiger partial charge in [-0.15, -0.1) is 0 Å². The van der Waals surface area contributed by atoms with Crippen LogP contribution in [0.15, 0.2) is 24.3 Å². The summed E-state index contributed by atoms with van der Waals surface area (Å²) >= 11 is 0. The number of aryl methyl sites for hydroxylation is 1. The van der Waals surface area contributed by atoms with Gasteiger partial charge in [0.1, 0.15) is 0 Å². The number of hydrogen-bond donors (Lipinski definition) is 2. The smallest absolute Gasteiger partial charge is 0.240 e. The van der Waals surface area contributed by atoms with Crippen LogP contribution < -0.4 is 10.6 Å². The van der Waals surface area contributed by atoms with Crippen LogP contribution in [0.4, 0.5) is 0 Å². The Kier molecular flexibility index (Phi) is 4.91. The van der Waals surface area contributed by atoms with Crippen molar-refractivity contribution in [2.75, 3.05) is 6.54 Å². The third-order valence-electron chi connectivity index (χ3n) is 3.11. The highest BCUT2D eigenvalue weighted by molar-refractivity contribution is 5.85. The summed E-state index contributed by atoms with van der Waals surface area (Å²) in [5, 5.41) is 6.21. The van der Waals surface area contributed by atoms with E-state index in [4.69, 9.17) is 0 Å². The zero-order valence-electron chi connectivity index (χ0n) is 12.0. The molecule has 0 heterocycles. The summed E-state index contributed by atoms with van der Waals surface area (Å²) in [5.41, 5.74) is 1.82. The number of nitrogens with one attached hydrogen (secondary N) is 2. The van der Waals surface area contributed by atoms with Crippen molar-refractivity contribution in [3.05, 3.63) is 35.4 Å². The van der Waals surface area contributed by atoms with Crippen LogP contribution in [0.3, 0.4) is 0 Å². The normalized spacial score (nSPS) is 13.2. The van der Waals surface area contributed by atoms with Crippen LogP contribution in [0.25, 0.3) is 0 Å². The molecule has 0 aromatic heterocycles. The third kappa shape index (κ3) is 3.84. The number of amides is 1. The Bertz CT molecular complexity index is 395. The van der Waals surface area contributed by atoms with E-state index in [9.17, 15) is 4.79 Å². The second-order valence-corrected chi connectivity index (χ2v) is 5.26. The predicted molar refractivity (Wildman–Crippen MR) is 75.5 cm³/mol. The Labute approximate surface area is 110 Å². The molecule has 0 aliphatic rings. The lowest BCUT2D eigenvalue weighted by Gasteiger charge is -2.27. The van der Waals surface area contributed by atoms with Crippen LogP contribution in [0, 0.1) is 6.92 Å². The summed E-state index contributed by atoms with van der Waals surface area (Å²) in [6.07, 6.45) is 0. The maximum atomic E-state index is 12.1. The number of rotatable bonds is 5. The molecule has 1 atom stereocenters. The monoisotopic (exact) mass is 248 g/mol. The maximum absolute atomic E-state index is 12.1. The molecule has 0 aliphatic carbocycles. The summed E-state index contributed by atoms with van der Waals surface area (Å²) < 4.78 is 0. The largest absolute Gasteiger partial charge is 0.348 e. The van der Waals surface area contributed by atoms with Gasteiger partial charge < -0.3 is 10.6 Å². The van der Waals surface area contributed by atoms with Crippen molar-refractivity contribution < 1.29 is 4.79 Å². The molecular formula is C15H24N2O. The average Bonchev–Trinajstić information content (AvgIpc) is 2.29. The highest BCUT2D eigenvalue weighted by Gasteiger charge is 2.27. The van der Waals surface area contributed by atoms with E-state index in [1.807, 2.05) is 27.7 Å². The molecule has 1 rings (SSSR count). The van der Waals surface area contributed by atoms with Gasteiger partial charge in [0.05, 0.1) is 11.6 Å². The van der Waals surface area contributed by atoms with Crippen LogP contribution in [0.5, 0.6) is 0 Å². The molecule has 3 heteroatoms. The molecule has 3 nitrogen and oxygen atoms in total. The minimum atomic E-state index is -0.534. The molecule has 1 aromatic rings. The standard InChI is InChI=1S/C15H24N2O/c1-6-16-15(4,5)14(18)17-12(3)13-9-7-11(2)8-10-13/h7-10,12,16H,6H2,1-5H3,(H,17,18). The molecule has 0 bridgehead atoms. The zero-order valence-corrected chi connectivity index (χ0v) is 12.0. The fourth-order valence-electron chi connectivity index (χ4n) is 1.84. The van der Waals surface area contributed by atoms with Gasteiger partial charge >= 0.3 is 0 Å². The summed E-state index contributed by atoms with van der Waals surface area (Å²) in [6, 6.07) is 8.26. The van der Waals surface area contributed by atoms with Gasteiger partial charge in [0.2, 0.25) is 5.91 Å². The first-order valence-electron chi connectivity index (χ1n) is 6.49. The number of carbonyl (C=O) groups excluding carboxylic acids is 1. The molecule has 0 radical (unpaired) electrons. The van der Waals surface area contributed by atoms with Crippen molar-refractivity contribution in [3.63, 3.8) is 0 Å². The van der Waals surface area contributed by atoms with Crippen LogP contribution in [-0.4, -0.2) is 18.0 Å². The van der Waals surface area contributed by atoms with E-state index in [0.29, 0.717) is 0 Å². The van der Waals surface area contributed by atoms with Crippen molar-refractivity contribution in [3.8, 4) is 0 Å². The molecule has 0 saturated carbocycles. The highest BCUT2D eigenvalue weighted by Crippen LogP contribution is 2.14. The Morgan fingerprint density at radius 2 is 1.83 bits per heavy atom. The van der Waals surface area contributed by atoms with Gasteiger partial charge in [-0.3, -0.25) is 4.79 Å². The molecule has 0 saturated heterocycles. The number of likely N-dealkylation sites (N-methyl/N-ethyl adjacent to an activating group) is 1. The van der Waals surface area contributed by atoms with Crippen molar-refractivity contribution in [1.29, 1.82) is 0 Å². The van der Waals surface area contributed by atoms with Gasteiger partial charge in [0.15, 0.2) is 0 Å².